The quantitative estimate of drug-likeness (QED) is 0.810. The molecule has 0 amide bonds. The Morgan fingerprint density at radius 3 is 2.81 bits per heavy atom. The molecule has 2 aromatic heterocycles. The van der Waals surface area contributed by atoms with Gasteiger partial charge >= 0.3 is 0 Å². The van der Waals surface area contributed by atoms with E-state index in [0.29, 0.717) is 5.92 Å². The van der Waals surface area contributed by atoms with Crippen LogP contribution in [-0.4, -0.2) is 44.4 Å². The summed E-state index contributed by atoms with van der Waals surface area (Å²) in [6.07, 6.45) is 0. The molecular weight excluding hydrogens is 282 g/mol. The van der Waals surface area contributed by atoms with Crippen molar-refractivity contribution in [3.8, 4) is 0 Å². The Hall–Kier alpha value is -1.30. The fourth-order valence-corrected chi connectivity index (χ4v) is 3.63. The Morgan fingerprint density at radius 1 is 1.24 bits per heavy atom. The maximum atomic E-state index is 4.81. The third kappa shape index (κ3) is 3.00. The van der Waals surface area contributed by atoms with Crippen LogP contribution in [0.15, 0.2) is 12.1 Å². The predicted molar refractivity (Wildman–Crippen MR) is 88.2 cm³/mol. The second-order valence-electron chi connectivity index (χ2n) is 6.86. The lowest BCUT2D eigenvalue weighted by atomic mass is 9.96. The lowest BCUT2D eigenvalue weighted by molar-refractivity contribution is 0.525. The van der Waals surface area contributed by atoms with E-state index in [0.717, 1.165) is 30.4 Å². The molecule has 5 nitrogen and oxygen atoms in total. The molecule has 1 fully saturated rings. The van der Waals surface area contributed by atoms with Crippen molar-refractivity contribution in [2.75, 3.05) is 29.5 Å². The van der Waals surface area contributed by atoms with Gasteiger partial charge in [-0.1, -0.05) is 27.7 Å². The van der Waals surface area contributed by atoms with Crippen LogP contribution in [0, 0.1) is 5.92 Å². The summed E-state index contributed by atoms with van der Waals surface area (Å²) in [5.74, 6) is 5.04. The molecule has 21 heavy (non-hydrogen) atoms. The number of nitrogens with zero attached hydrogens (tertiary/aromatic N) is 5. The van der Waals surface area contributed by atoms with Gasteiger partial charge in [0.1, 0.15) is 5.82 Å². The average molecular weight is 305 g/mol. The summed E-state index contributed by atoms with van der Waals surface area (Å²) in [4.78, 5) is 2.39. The van der Waals surface area contributed by atoms with Gasteiger partial charge in [-0.15, -0.1) is 15.3 Å². The highest BCUT2D eigenvalue weighted by molar-refractivity contribution is 7.99. The van der Waals surface area contributed by atoms with Crippen molar-refractivity contribution in [3.63, 3.8) is 0 Å². The van der Waals surface area contributed by atoms with Crippen LogP contribution in [0.3, 0.4) is 0 Å². The molecule has 0 spiro atoms. The molecule has 0 bridgehead atoms. The monoisotopic (exact) mass is 305 g/mol. The molecule has 3 heterocycles. The van der Waals surface area contributed by atoms with Crippen molar-refractivity contribution in [2.45, 2.75) is 33.1 Å². The molecule has 3 rings (SSSR count). The summed E-state index contributed by atoms with van der Waals surface area (Å²) in [5.41, 5.74) is 0.758. The van der Waals surface area contributed by atoms with Crippen molar-refractivity contribution in [1.82, 2.24) is 19.8 Å². The first-order valence-corrected chi connectivity index (χ1v) is 8.66. The number of fused-ring (bicyclic) bond motifs is 1. The first kappa shape index (κ1) is 14.6. The van der Waals surface area contributed by atoms with Gasteiger partial charge < -0.3 is 4.90 Å². The first-order chi connectivity index (χ1) is 9.95. The van der Waals surface area contributed by atoms with Gasteiger partial charge in [-0.25, -0.2) is 0 Å². The van der Waals surface area contributed by atoms with Crippen LogP contribution in [0.25, 0.3) is 5.65 Å². The standard InChI is InChI=1S/C15H23N5S/c1-11-9-19(7-8-21-10-11)13-6-5-12-16-17-14(15(2,3)4)20(12)18-13/h5-6,11H,7-10H2,1-4H3/t11-/m1/s1. The van der Waals surface area contributed by atoms with Gasteiger partial charge in [-0.05, 0) is 23.8 Å². The van der Waals surface area contributed by atoms with Crippen LogP contribution in [0.2, 0.25) is 0 Å². The van der Waals surface area contributed by atoms with E-state index in [1.165, 1.54) is 11.5 Å². The molecule has 0 radical (unpaired) electrons. The molecule has 0 aromatic carbocycles. The smallest absolute Gasteiger partial charge is 0.178 e. The predicted octanol–water partition coefficient (Wildman–Crippen LogP) is 2.61. The Kier molecular flexibility index (Phi) is 3.82. The topological polar surface area (TPSA) is 46.3 Å². The molecule has 0 saturated carbocycles. The molecule has 1 aliphatic rings. The summed E-state index contributed by atoms with van der Waals surface area (Å²) in [6.45, 7) is 10.9. The lowest BCUT2D eigenvalue weighted by Gasteiger charge is -2.23. The van der Waals surface area contributed by atoms with Gasteiger partial charge in [-0.3, -0.25) is 0 Å². The van der Waals surface area contributed by atoms with Gasteiger partial charge in [0.2, 0.25) is 0 Å². The van der Waals surface area contributed by atoms with E-state index in [4.69, 9.17) is 5.10 Å². The zero-order chi connectivity index (χ0) is 15.0. The molecule has 0 aliphatic carbocycles. The second kappa shape index (κ2) is 5.48. The SMILES string of the molecule is C[C@H]1CSCCN(c2ccc3nnc(C(C)(C)C)n3n2)C1. The van der Waals surface area contributed by atoms with Gasteiger partial charge in [0.05, 0.1) is 0 Å². The summed E-state index contributed by atoms with van der Waals surface area (Å²) < 4.78 is 1.90. The maximum Gasteiger partial charge on any atom is 0.178 e. The van der Waals surface area contributed by atoms with E-state index in [2.05, 4.69) is 48.9 Å². The van der Waals surface area contributed by atoms with Crippen LogP contribution in [0.5, 0.6) is 0 Å². The van der Waals surface area contributed by atoms with E-state index in [-0.39, 0.29) is 5.41 Å². The Labute approximate surface area is 130 Å². The molecule has 1 atom stereocenters. The Balaban J connectivity index is 1.99. The number of anilines is 1. The zero-order valence-electron chi connectivity index (χ0n) is 13.2. The molecule has 0 N–H and O–H groups in total. The number of hydrogen-bond donors (Lipinski definition) is 0. The minimum absolute atomic E-state index is 0.0625. The van der Waals surface area contributed by atoms with E-state index < -0.39 is 0 Å². The molecule has 6 heteroatoms. The highest BCUT2D eigenvalue weighted by Crippen LogP contribution is 2.23. The summed E-state index contributed by atoms with van der Waals surface area (Å²) in [7, 11) is 0. The van der Waals surface area contributed by atoms with Crippen molar-refractivity contribution < 1.29 is 0 Å². The summed E-state index contributed by atoms with van der Waals surface area (Å²) >= 11 is 2.03. The van der Waals surface area contributed by atoms with Crippen LogP contribution in [0.4, 0.5) is 5.82 Å². The molecule has 1 aliphatic heterocycles. The van der Waals surface area contributed by atoms with Crippen LogP contribution in [-0.2, 0) is 5.41 Å². The first-order valence-electron chi connectivity index (χ1n) is 7.51. The number of hydrogen-bond acceptors (Lipinski definition) is 5. The van der Waals surface area contributed by atoms with Crippen LogP contribution < -0.4 is 4.90 Å². The Morgan fingerprint density at radius 2 is 2.05 bits per heavy atom. The van der Waals surface area contributed by atoms with E-state index in [1.807, 2.05) is 22.3 Å². The van der Waals surface area contributed by atoms with Crippen LogP contribution in [0.1, 0.15) is 33.5 Å². The third-order valence-electron chi connectivity index (χ3n) is 3.68. The normalized spacial score (nSPS) is 20.8. The largest absolute Gasteiger partial charge is 0.354 e. The Bertz CT molecular complexity index is 631. The van der Waals surface area contributed by atoms with Gasteiger partial charge in [0, 0.05) is 24.3 Å². The summed E-state index contributed by atoms with van der Waals surface area (Å²) in [5, 5.41) is 13.4. The van der Waals surface area contributed by atoms with E-state index >= 15 is 0 Å². The van der Waals surface area contributed by atoms with E-state index in [1.54, 1.807) is 0 Å². The third-order valence-corrected chi connectivity index (χ3v) is 4.96. The minimum Gasteiger partial charge on any atom is -0.354 e. The van der Waals surface area contributed by atoms with Gasteiger partial charge in [0.25, 0.3) is 0 Å². The molecule has 114 valence electrons. The molecule has 1 saturated heterocycles. The number of aromatic nitrogens is 4. The van der Waals surface area contributed by atoms with Crippen LogP contribution >= 0.6 is 11.8 Å². The second-order valence-corrected chi connectivity index (χ2v) is 8.01. The zero-order valence-corrected chi connectivity index (χ0v) is 14.0. The van der Waals surface area contributed by atoms with Gasteiger partial charge in [0.15, 0.2) is 11.5 Å². The fraction of sp³-hybridized carbons (Fsp3) is 0.667. The highest BCUT2D eigenvalue weighted by atomic mass is 32.2. The molecule has 2 aromatic rings. The van der Waals surface area contributed by atoms with Crippen molar-refractivity contribution in [3.05, 3.63) is 18.0 Å². The highest BCUT2D eigenvalue weighted by Gasteiger charge is 2.23. The average Bonchev–Trinajstić information content (AvgIpc) is 2.73. The van der Waals surface area contributed by atoms with Crippen molar-refractivity contribution >= 4 is 23.2 Å². The van der Waals surface area contributed by atoms with Crippen molar-refractivity contribution in [1.29, 1.82) is 0 Å². The lowest BCUT2D eigenvalue weighted by Crippen LogP contribution is -2.30. The molecule has 0 unspecified atom stereocenters. The van der Waals surface area contributed by atoms with E-state index in [9.17, 15) is 0 Å². The number of thioether (sulfide) groups is 1. The summed E-state index contributed by atoms with van der Waals surface area (Å²) in [6, 6.07) is 4.09. The minimum atomic E-state index is -0.0625. The molecular formula is C15H23N5S. The number of rotatable bonds is 1. The van der Waals surface area contributed by atoms with Gasteiger partial charge in [-0.2, -0.15) is 16.3 Å². The maximum absolute atomic E-state index is 4.81. The fourth-order valence-electron chi connectivity index (χ4n) is 2.60. The van der Waals surface area contributed by atoms with Crippen molar-refractivity contribution in [2.24, 2.45) is 5.92 Å².